The van der Waals surface area contributed by atoms with Gasteiger partial charge >= 0.3 is 0 Å². The number of hydrogen-bond donors (Lipinski definition) is 0. The predicted octanol–water partition coefficient (Wildman–Crippen LogP) is 12.2. The molecule has 7 aromatic carbocycles. The van der Waals surface area contributed by atoms with Gasteiger partial charge in [-0.3, -0.25) is 0 Å². The zero-order chi connectivity index (χ0) is 28.3. The maximum atomic E-state index is 6.68. The van der Waals surface area contributed by atoms with Gasteiger partial charge in [-0.05, 0) is 76.5 Å². The number of anilines is 3. The third kappa shape index (κ3) is 3.86. The molecule has 0 bridgehead atoms. The minimum Gasteiger partial charge on any atom is -0.456 e. The first-order valence-electron chi connectivity index (χ1n) is 14.5. The van der Waals surface area contributed by atoms with Crippen LogP contribution in [0.1, 0.15) is 0 Å². The Labute approximate surface area is 252 Å². The molecule has 0 aliphatic heterocycles. The Morgan fingerprint density at radius 2 is 1.07 bits per heavy atom. The van der Waals surface area contributed by atoms with E-state index in [0.29, 0.717) is 0 Å². The molecule has 0 aliphatic rings. The van der Waals surface area contributed by atoms with Crippen LogP contribution in [0, 0.1) is 0 Å². The molecule has 9 rings (SSSR count). The van der Waals surface area contributed by atoms with Crippen molar-refractivity contribution < 1.29 is 4.42 Å². The van der Waals surface area contributed by atoms with E-state index in [1.807, 2.05) is 11.3 Å². The second-order valence-electron chi connectivity index (χ2n) is 10.9. The third-order valence-corrected chi connectivity index (χ3v) is 9.59. The van der Waals surface area contributed by atoms with Gasteiger partial charge in [-0.1, -0.05) is 91.0 Å². The predicted molar refractivity (Wildman–Crippen MR) is 184 cm³/mol. The molecule has 0 amide bonds. The molecular formula is C40H25NOS. The number of fused-ring (bicyclic) bond motifs is 8. The van der Waals surface area contributed by atoms with Crippen LogP contribution in [0.2, 0.25) is 0 Å². The van der Waals surface area contributed by atoms with Crippen LogP contribution in [0.25, 0.3) is 64.0 Å². The van der Waals surface area contributed by atoms with Gasteiger partial charge in [0.25, 0.3) is 0 Å². The molecule has 0 saturated carbocycles. The van der Waals surface area contributed by atoms with Crippen LogP contribution in [0.15, 0.2) is 156 Å². The highest BCUT2D eigenvalue weighted by Gasteiger charge is 2.19. The Kier molecular flexibility index (Phi) is 5.40. The molecule has 0 radical (unpaired) electrons. The molecule has 9 aromatic rings. The molecule has 2 aromatic heterocycles. The van der Waals surface area contributed by atoms with Crippen LogP contribution in [-0.4, -0.2) is 0 Å². The summed E-state index contributed by atoms with van der Waals surface area (Å²) in [5, 5.41) is 7.31. The molecule has 0 fully saturated rings. The number of furan rings is 1. The van der Waals surface area contributed by atoms with Crippen molar-refractivity contribution in [2.24, 2.45) is 0 Å². The molecule has 0 saturated heterocycles. The fourth-order valence-corrected chi connectivity index (χ4v) is 7.59. The van der Waals surface area contributed by atoms with Gasteiger partial charge < -0.3 is 9.32 Å². The van der Waals surface area contributed by atoms with Crippen LogP contribution in [0.5, 0.6) is 0 Å². The summed E-state index contributed by atoms with van der Waals surface area (Å²) in [6, 6.07) is 54.1. The maximum Gasteiger partial charge on any atom is 0.137 e. The van der Waals surface area contributed by atoms with E-state index in [1.54, 1.807) is 0 Å². The standard InChI is InChI=1S/C40H25NOS/c1-3-11-26(12-4-1)34-25-37-40(32-17-8-7-15-30(32)34)33-21-19-29(24-36(33)42-37)41(27-13-5-2-6-14-27)28-20-22-39-35(23-28)31-16-9-10-18-38(31)43-39/h1-25H. The lowest BCUT2D eigenvalue weighted by atomic mass is 9.95. The van der Waals surface area contributed by atoms with E-state index in [2.05, 4.69) is 157 Å². The average molecular weight is 568 g/mol. The molecule has 202 valence electrons. The monoisotopic (exact) mass is 567 g/mol. The normalized spacial score (nSPS) is 11.7. The van der Waals surface area contributed by atoms with Crippen molar-refractivity contribution >= 4 is 81.3 Å². The Hall–Kier alpha value is -5.38. The maximum absolute atomic E-state index is 6.68. The molecular weight excluding hydrogens is 543 g/mol. The van der Waals surface area contributed by atoms with Crippen LogP contribution in [0.4, 0.5) is 17.1 Å². The molecule has 2 heterocycles. The fourth-order valence-electron chi connectivity index (χ4n) is 6.50. The Morgan fingerprint density at radius 3 is 1.91 bits per heavy atom. The molecule has 0 aliphatic carbocycles. The Bertz CT molecular complexity index is 2460. The van der Waals surface area contributed by atoms with Gasteiger partial charge in [0.2, 0.25) is 0 Å². The van der Waals surface area contributed by atoms with Crippen molar-refractivity contribution in [1.29, 1.82) is 0 Å². The summed E-state index contributed by atoms with van der Waals surface area (Å²) in [4.78, 5) is 2.33. The third-order valence-electron chi connectivity index (χ3n) is 8.44. The highest BCUT2D eigenvalue weighted by Crippen LogP contribution is 2.44. The van der Waals surface area contributed by atoms with Gasteiger partial charge in [-0.15, -0.1) is 11.3 Å². The van der Waals surface area contributed by atoms with Crippen molar-refractivity contribution in [2.75, 3.05) is 4.90 Å². The van der Waals surface area contributed by atoms with Gasteiger partial charge in [0.15, 0.2) is 0 Å². The SMILES string of the molecule is c1ccc(-c2cc3oc4cc(N(c5ccccc5)c5ccc6sc7ccccc7c6c5)ccc4c3c3ccccc23)cc1. The lowest BCUT2D eigenvalue weighted by Crippen LogP contribution is -2.09. The van der Waals surface area contributed by atoms with Gasteiger partial charge in [-0.25, -0.2) is 0 Å². The minimum absolute atomic E-state index is 0.880. The van der Waals surface area contributed by atoms with Gasteiger partial charge in [0.1, 0.15) is 11.2 Å². The molecule has 0 spiro atoms. The summed E-state index contributed by atoms with van der Waals surface area (Å²) in [5.74, 6) is 0. The summed E-state index contributed by atoms with van der Waals surface area (Å²) >= 11 is 1.84. The minimum atomic E-state index is 0.880. The van der Waals surface area contributed by atoms with Crippen molar-refractivity contribution in [1.82, 2.24) is 0 Å². The van der Waals surface area contributed by atoms with Gasteiger partial charge in [0.05, 0.1) is 0 Å². The van der Waals surface area contributed by atoms with Crippen LogP contribution >= 0.6 is 11.3 Å². The summed E-state index contributed by atoms with van der Waals surface area (Å²) < 4.78 is 9.29. The topological polar surface area (TPSA) is 16.4 Å². The zero-order valence-corrected chi connectivity index (χ0v) is 24.0. The molecule has 3 heteroatoms. The Morgan fingerprint density at radius 1 is 0.419 bits per heavy atom. The fraction of sp³-hybridized carbons (Fsp3) is 0. The van der Waals surface area contributed by atoms with Crippen molar-refractivity contribution in [3.05, 3.63) is 152 Å². The first kappa shape index (κ1) is 24.2. The molecule has 43 heavy (non-hydrogen) atoms. The van der Waals surface area contributed by atoms with Crippen molar-refractivity contribution in [2.45, 2.75) is 0 Å². The second-order valence-corrected chi connectivity index (χ2v) is 12.0. The highest BCUT2D eigenvalue weighted by atomic mass is 32.1. The summed E-state index contributed by atoms with van der Waals surface area (Å²) in [5.41, 5.74) is 7.44. The Balaban J connectivity index is 1.27. The molecule has 0 unspecified atom stereocenters. The second kappa shape index (κ2) is 9.59. The highest BCUT2D eigenvalue weighted by molar-refractivity contribution is 7.25. The molecule has 0 N–H and O–H groups in total. The first-order chi connectivity index (χ1) is 21.3. The van der Waals surface area contributed by atoms with E-state index in [9.17, 15) is 0 Å². The van der Waals surface area contributed by atoms with E-state index < -0.39 is 0 Å². The largest absolute Gasteiger partial charge is 0.456 e. The van der Waals surface area contributed by atoms with E-state index in [1.165, 1.54) is 42.1 Å². The number of para-hydroxylation sites is 1. The smallest absolute Gasteiger partial charge is 0.137 e. The number of benzene rings is 7. The number of rotatable bonds is 4. The van der Waals surface area contributed by atoms with Crippen molar-refractivity contribution in [3.63, 3.8) is 0 Å². The van der Waals surface area contributed by atoms with Gasteiger partial charge in [-0.2, -0.15) is 0 Å². The zero-order valence-electron chi connectivity index (χ0n) is 23.2. The number of nitrogens with zero attached hydrogens (tertiary/aromatic N) is 1. The van der Waals surface area contributed by atoms with Crippen molar-refractivity contribution in [3.8, 4) is 11.1 Å². The molecule has 0 atom stereocenters. The van der Waals surface area contributed by atoms with E-state index in [0.717, 1.165) is 39.0 Å². The number of thiophene rings is 1. The van der Waals surface area contributed by atoms with Crippen LogP contribution in [-0.2, 0) is 0 Å². The summed E-state index contributed by atoms with van der Waals surface area (Å²) in [6.07, 6.45) is 0. The van der Waals surface area contributed by atoms with E-state index in [-0.39, 0.29) is 0 Å². The van der Waals surface area contributed by atoms with Gasteiger partial charge in [0, 0.05) is 54.1 Å². The summed E-state index contributed by atoms with van der Waals surface area (Å²) in [7, 11) is 0. The summed E-state index contributed by atoms with van der Waals surface area (Å²) in [6.45, 7) is 0. The van der Waals surface area contributed by atoms with E-state index in [4.69, 9.17) is 4.42 Å². The quantitative estimate of drug-likeness (QED) is 0.210. The molecule has 2 nitrogen and oxygen atoms in total. The average Bonchev–Trinajstić information content (AvgIpc) is 3.63. The number of hydrogen-bond acceptors (Lipinski definition) is 3. The lowest BCUT2D eigenvalue weighted by molar-refractivity contribution is 0.669. The first-order valence-corrected chi connectivity index (χ1v) is 15.3. The van der Waals surface area contributed by atoms with Crippen LogP contribution in [0.3, 0.4) is 0 Å². The lowest BCUT2D eigenvalue weighted by Gasteiger charge is -2.25. The van der Waals surface area contributed by atoms with Crippen LogP contribution < -0.4 is 4.90 Å². The van der Waals surface area contributed by atoms with E-state index >= 15 is 0 Å².